The van der Waals surface area contributed by atoms with Gasteiger partial charge in [-0.15, -0.1) is 0 Å². The summed E-state index contributed by atoms with van der Waals surface area (Å²) in [6.07, 6.45) is 2.15. The zero-order valence-corrected chi connectivity index (χ0v) is 16.4. The van der Waals surface area contributed by atoms with Crippen LogP contribution in [0.4, 0.5) is 0 Å². The van der Waals surface area contributed by atoms with Crippen LogP contribution in [0.3, 0.4) is 0 Å². The van der Waals surface area contributed by atoms with E-state index in [-0.39, 0.29) is 11.9 Å². The first-order valence-corrected chi connectivity index (χ1v) is 9.23. The molecule has 0 aliphatic heterocycles. The lowest BCUT2D eigenvalue weighted by molar-refractivity contribution is 0.0938. The molecule has 1 atom stereocenters. The lowest BCUT2D eigenvalue weighted by atomic mass is 10.0. The molecule has 0 radical (unpaired) electrons. The number of carbonyl (C=O) groups excluding carboxylic acids is 1. The molecule has 5 nitrogen and oxygen atoms in total. The number of nitrogens with one attached hydrogen (secondary N) is 1. The maximum Gasteiger partial charge on any atom is 0.255 e. The van der Waals surface area contributed by atoms with Crippen LogP contribution >= 0.6 is 0 Å². The zero-order valence-electron chi connectivity index (χ0n) is 16.4. The molecule has 27 heavy (non-hydrogen) atoms. The SMILES string of the molecule is CCOc1ccccc1C(=O)NCC(c1cn(C)c2ccccc12)N(C)C. The van der Waals surface area contributed by atoms with E-state index in [4.69, 9.17) is 4.74 Å². The van der Waals surface area contributed by atoms with Crippen LogP contribution in [-0.2, 0) is 7.05 Å². The minimum atomic E-state index is -0.119. The Morgan fingerprint density at radius 3 is 2.59 bits per heavy atom. The van der Waals surface area contributed by atoms with Crippen LogP contribution in [0.5, 0.6) is 5.75 Å². The van der Waals surface area contributed by atoms with Crippen LogP contribution in [0, 0.1) is 0 Å². The first-order valence-electron chi connectivity index (χ1n) is 9.23. The number of ether oxygens (including phenoxy) is 1. The van der Waals surface area contributed by atoms with Crippen molar-refractivity contribution in [2.24, 2.45) is 7.05 Å². The summed E-state index contributed by atoms with van der Waals surface area (Å²) in [5.74, 6) is 0.496. The number of aromatic nitrogens is 1. The molecular weight excluding hydrogens is 338 g/mol. The van der Waals surface area contributed by atoms with E-state index in [1.807, 2.05) is 45.3 Å². The Morgan fingerprint density at radius 2 is 1.85 bits per heavy atom. The molecule has 1 aromatic heterocycles. The Hall–Kier alpha value is -2.79. The molecule has 1 heterocycles. The van der Waals surface area contributed by atoms with Gasteiger partial charge in [-0.05, 0) is 44.8 Å². The molecule has 0 fully saturated rings. The number of fused-ring (bicyclic) bond motifs is 1. The van der Waals surface area contributed by atoms with Crippen LogP contribution in [0.15, 0.2) is 54.7 Å². The Morgan fingerprint density at radius 1 is 1.15 bits per heavy atom. The lowest BCUT2D eigenvalue weighted by Gasteiger charge is -2.24. The predicted molar refractivity (Wildman–Crippen MR) is 109 cm³/mol. The van der Waals surface area contributed by atoms with Crippen LogP contribution in [0.25, 0.3) is 10.9 Å². The monoisotopic (exact) mass is 365 g/mol. The number of carbonyl (C=O) groups is 1. The molecule has 0 saturated carbocycles. The Labute approximate surface area is 160 Å². The van der Waals surface area contributed by atoms with Crippen molar-refractivity contribution in [1.82, 2.24) is 14.8 Å². The van der Waals surface area contributed by atoms with Crippen molar-refractivity contribution in [1.29, 1.82) is 0 Å². The van der Waals surface area contributed by atoms with E-state index in [2.05, 4.69) is 46.2 Å². The molecule has 0 saturated heterocycles. The molecule has 2 aromatic carbocycles. The van der Waals surface area contributed by atoms with E-state index in [1.54, 1.807) is 6.07 Å². The summed E-state index contributed by atoms with van der Waals surface area (Å²) in [6, 6.07) is 15.8. The highest BCUT2D eigenvalue weighted by Gasteiger charge is 2.21. The molecule has 0 aliphatic carbocycles. The number of amides is 1. The number of rotatable bonds is 7. The summed E-state index contributed by atoms with van der Waals surface area (Å²) < 4.78 is 7.72. The minimum Gasteiger partial charge on any atom is -0.493 e. The van der Waals surface area contributed by atoms with Crippen molar-refractivity contribution >= 4 is 16.8 Å². The van der Waals surface area contributed by atoms with Crippen LogP contribution in [0.1, 0.15) is 28.9 Å². The number of hydrogen-bond donors (Lipinski definition) is 1. The van der Waals surface area contributed by atoms with E-state index in [1.165, 1.54) is 16.5 Å². The van der Waals surface area contributed by atoms with Gasteiger partial charge in [-0.25, -0.2) is 0 Å². The molecule has 0 spiro atoms. The van der Waals surface area contributed by atoms with Crippen molar-refractivity contribution in [3.05, 3.63) is 65.9 Å². The fourth-order valence-corrected chi connectivity index (χ4v) is 3.43. The molecule has 1 N–H and O–H groups in total. The van der Waals surface area contributed by atoms with E-state index in [9.17, 15) is 4.79 Å². The molecule has 0 bridgehead atoms. The second-order valence-electron chi connectivity index (χ2n) is 6.83. The van der Waals surface area contributed by atoms with Gasteiger partial charge in [0.2, 0.25) is 0 Å². The number of nitrogens with zero attached hydrogens (tertiary/aromatic N) is 2. The predicted octanol–water partition coefficient (Wildman–Crippen LogP) is 3.61. The third-order valence-corrected chi connectivity index (χ3v) is 4.80. The van der Waals surface area contributed by atoms with E-state index >= 15 is 0 Å². The summed E-state index contributed by atoms with van der Waals surface area (Å²) in [4.78, 5) is 14.9. The van der Waals surface area contributed by atoms with Gasteiger partial charge in [0.25, 0.3) is 5.91 Å². The van der Waals surface area contributed by atoms with Gasteiger partial charge in [0.05, 0.1) is 18.2 Å². The number of aryl methyl sites for hydroxylation is 1. The topological polar surface area (TPSA) is 46.5 Å². The number of hydrogen-bond acceptors (Lipinski definition) is 3. The Bertz CT molecular complexity index is 930. The molecule has 3 rings (SSSR count). The van der Waals surface area contributed by atoms with Gasteiger partial charge in [-0.1, -0.05) is 30.3 Å². The van der Waals surface area contributed by atoms with Crippen LogP contribution in [-0.4, -0.2) is 42.6 Å². The zero-order chi connectivity index (χ0) is 19.4. The maximum absolute atomic E-state index is 12.8. The highest BCUT2D eigenvalue weighted by Crippen LogP contribution is 2.28. The quantitative estimate of drug-likeness (QED) is 0.696. The summed E-state index contributed by atoms with van der Waals surface area (Å²) in [7, 11) is 6.12. The smallest absolute Gasteiger partial charge is 0.255 e. The fraction of sp³-hybridized carbons (Fsp3) is 0.318. The normalized spacial score (nSPS) is 12.3. The highest BCUT2D eigenvalue weighted by molar-refractivity contribution is 5.97. The number of benzene rings is 2. The van der Waals surface area contributed by atoms with Gasteiger partial charge in [-0.2, -0.15) is 0 Å². The second-order valence-corrected chi connectivity index (χ2v) is 6.83. The second kappa shape index (κ2) is 8.27. The third kappa shape index (κ3) is 3.98. The summed E-state index contributed by atoms with van der Waals surface area (Å²) >= 11 is 0. The third-order valence-electron chi connectivity index (χ3n) is 4.80. The molecule has 0 aliphatic rings. The molecular formula is C22H27N3O2. The number of para-hydroxylation sites is 2. The fourth-order valence-electron chi connectivity index (χ4n) is 3.43. The van der Waals surface area contributed by atoms with Crippen LogP contribution < -0.4 is 10.1 Å². The van der Waals surface area contributed by atoms with Crippen LogP contribution in [0.2, 0.25) is 0 Å². The molecule has 3 aromatic rings. The highest BCUT2D eigenvalue weighted by atomic mass is 16.5. The molecule has 5 heteroatoms. The van der Waals surface area contributed by atoms with E-state index in [0.717, 1.165) is 0 Å². The Balaban J connectivity index is 1.83. The molecule has 1 amide bonds. The first kappa shape index (κ1) is 19.0. The summed E-state index contributed by atoms with van der Waals surface area (Å²) in [5.41, 5.74) is 2.96. The minimum absolute atomic E-state index is 0.0688. The largest absolute Gasteiger partial charge is 0.493 e. The van der Waals surface area contributed by atoms with E-state index in [0.29, 0.717) is 24.5 Å². The van der Waals surface area contributed by atoms with Crippen molar-refractivity contribution in [2.45, 2.75) is 13.0 Å². The standard InChI is InChI=1S/C22H27N3O2/c1-5-27-21-13-9-7-11-17(21)22(26)23-14-20(24(2)3)18-15-25(4)19-12-8-6-10-16(18)19/h6-13,15,20H,5,14H2,1-4H3,(H,23,26). The van der Waals surface area contributed by atoms with Gasteiger partial charge in [-0.3, -0.25) is 4.79 Å². The number of likely N-dealkylation sites (N-methyl/N-ethyl adjacent to an activating group) is 1. The average Bonchev–Trinajstić information content (AvgIpc) is 2.99. The van der Waals surface area contributed by atoms with Gasteiger partial charge >= 0.3 is 0 Å². The molecule has 1 unspecified atom stereocenters. The van der Waals surface area contributed by atoms with Crippen molar-refractivity contribution in [2.75, 3.05) is 27.2 Å². The van der Waals surface area contributed by atoms with Crippen molar-refractivity contribution < 1.29 is 9.53 Å². The van der Waals surface area contributed by atoms with Crippen molar-refractivity contribution in [3.8, 4) is 5.75 Å². The lowest BCUT2D eigenvalue weighted by Crippen LogP contribution is -2.34. The first-order chi connectivity index (χ1) is 13.0. The average molecular weight is 365 g/mol. The van der Waals surface area contributed by atoms with Gasteiger partial charge < -0.3 is 19.5 Å². The van der Waals surface area contributed by atoms with Gasteiger partial charge in [0, 0.05) is 30.7 Å². The van der Waals surface area contributed by atoms with Gasteiger partial charge in [0.1, 0.15) is 5.75 Å². The molecule has 142 valence electrons. The van der Waals surface area contributed by atoms with Gasteiger partial charge in [0.15, 0.2) is 0 Å². The van der Waals surface area contributed by atoms with E-state index < -0.39 is 0 Å². The van der Waals surface area contributed by atoms with Crippen molar-refractivity contribution in [3.63, 3.8) is 0 Å². The maximum atomic E-state index is 12.8. The summed E-state index contributed by atoms with van der Waals surface area (Å²) in [6.45, 7) is 2.96. The summed E-state index contributed by atoms with van der Waals surface area (Å²) in [5, 5.41) is 4.29. The Kier molecular flexibility index (Phi) is 5.81.